The summed E-state index contributed by atoms with van der Waals surface area (Å²) < 4.78 is 38.0. The summed E-state index contributed by atoms with van der Waals surface area (Å²) >= 11 is 4.77. The van der Waals surface area contributed by atoms with E-state index in [2.05, 4.69) is 26.5 Å². The molecule has 21 heavy (non-hydrogen) atoms. The Kier molecular flexibility index (Phi) is 4.79. The number of hydrogen-bond donors (Lipinski definition) is 1. The van der Waals surface area contributed by atoms with Crippen LogP contribution >= 0.6 is 27.3 Å². The second-order valence-corrected chi connectivity index (χ2v) is 5.55. The number of nitrogens with zero attached hydrogens (tertiary/aromatic N) is 1. The number of carbonyl (C=O) groups is 1. The van der Waals surface area contributed by atoms with Crippen molar-refractivity contribution in [3.05, 3.63) is 56.2 Å². The van der Waals surface area contributed by atoms with Crippen LogP contribution in [0.4, 0.5) is 13.2 Å². The molecule has 0 unspecified atom stereocenters. The van der Waals surface area contributed by atoms with Crippen LogP contribution in [0.3, 0.4) is 0 Å². The summed E-state index contributed by atoms with van der Waals surface area (Å²) in [5.74, 6) is -0.577. The van der Waals surface area contributed by atoms with Gasteiger partial charge in [-0.25, -0.2) is 5.43 Å². The number of carbonyl (C=O) groups excluding carboxylic acids is 1. The molecule has 0 aliphatic rings. The SMILES string of the molecule is O=C(N/N=C\c1cscc1Br)c1ccc(C(F)(F)F)cc1. The Hall–Kier alpha value is -1.67. The van der Waals surface area contributed by atoms with Crippen LogP contribution in [0.1, 0.15) is 21.5 Å². The molecule has 0 saturated heterocycles. The van der Waals surface area contributed by atoms with Crippen LogP contribution in [-0.4, -0.2) is 12.1 Å². The predicted molar refractivity (Wildman–Crippen MR) is 78.5 cm³/mol. The summed E-state index contributed by atoms with van der Waals surface area (Å²) in [7, 11) is 0. The molecule has 1 amide bonds. The molecule has 2 aromatic rings. The number of thiophene rings is 1. The minimum absolute atomic E-state index is 0.101. The number of rotatable bonds is 3. The molecular formula is C13H8BrF3N2OS. The first-order chi connectivity index (χ1) is 9.88. The van der Waals surface area contributed by atoms with Crippen molar-refractivity contribution in [2.75, 3.05) is 0 Å². The highest BCUT2D eigenvalue weighted by Gasteiger charge is 2.30. The lowest BCUT2D eigenvalue weighted by atomic mass is 10.1. The first-order valence-corrected chi connectivity index (χ1v) is 7.34. The van der Waals surface area contributed by atoms with E-state index in [0.717, 1.165) is 34.3 Å². The van der Waals surface area contributed by atoms with Crippen molar-refractivity contribution >= 4 is 39.4 Å². The highest BCUT2D eigenvalue weighted by atomic mass is 79.9. The number of halogens is 4. The fourth-order valence-corrected chi connectivity index (χ4v) is 2.77. The van der Waals surface area contributed by atoms with Gasteiger partial charge in [-0.3, -0.25) is 4.79 Å². The Morgan fingerprint density at radius 3 is 2.43 bits per heavy atom. The minimum atomic E-state index is -4.42. The van der Waals surface area contributed by atoms with Crippen LogP contribution in [-0.2, 0) is 6.18 Å². The molecule has 0 aliphatic carbocycles. The van der Waals surface area contributed by atoms with Crippen molar-refractivity contribution in [2.45, 2.75) is 6.18 Å². The zero-order valence-corrected chi connectivity index (χ0v) is 12.7. The van der Waals surface area contributed by atoms with E-state index in [0.29, 0.717) is 0 Å². The molecule has 0 saturated carbocycles. The molecule has 1 heterocycles. The summed E-state index contributed by atoms with van der Waals surface area (Å²) in [6, 6.07) is 3.92. The van der Waals surface area contributed by atoms with Gasteiger partial charge < -0.3 is 0 Å². The molecule has 3 nitrogen and oxygen atoms in total. The second kappa shape index (κ2) is 6.40. The Bertz CT molecular complexity index is 665. The first kappa shape index (κ1) is 15.7. The van der Waals surface area contributed by atoms with Crippen LogP contribution in [0, 0.1) is 0 Å². The van der Waals surface area contributed by atoms with Gasteiger partial charge in [-0.15, -0.1) is 0 Å². The fourth-order valence-electron chi connectivity index (χ4n) is 1.42. The van der Waals surface area contributed by atoms with Crippen LogP contribution in [0.15, 0.2) is 44.6 Å². The smallest absolute Gasteiger partial charge is 0.267 e. The quantitative estimate of drug-likeness (QED) is 0.629. The summed E-state index contributed by atoms with van der Waals surface area (Å²) in [6.45, 7) is 0. The largest absolute Gasteiger partial charge is 0.416 e. The number of alkyl halides is 3. The Labute approximate surface area is 130 Å². The second-order valence-electron chi connectivity index (χ2n) is 3.95. The first-order valence-electron chi connectivity index (χ1n) is 5.60. The highest BCUT2D eigenvalue weighted by molar-refractivity contribution is 9.10. The van der Waals surface area contributed by atoms with Crippen LogP contribution in [0.25, 0.3) is 0 Å². The zero-order chi connectivity index (χ0) is 15.5. The maximum atomic E-state index is 12.4. The van der Waals surface area contributed by atoms with Crippen molar-refractivity contribution in [1.29, 1.82) is 0 Å². The van der Waals surface area contributed by atoms with Gasteiger partial charge in [-0.2, -0.15) is 29.6 Å². The molecule has 0 fully saturated rings. The maximum Gasteiger partial charge on any atom is 0.416 e. The van der Waals surface area contributed by atoms with Gasteiger partial charge in [0.15, 0.2) is 0 Å². The Balaban J connectivity index is 2.01. The van der Waals surface area contributed by atoms with Gasteiger partial charge in [0, 0.05) is 26.4 Å². The van der Waals surface area contributed by atoms with Crippen molar-refractivity contribution in [3.63, 3.8) is 0 Å². The fraction of sp³-hybridized carbons (Fsp3) is 0.0769. The number of nitrogens with one attached hydrogen (secondary N) is 1. The lowest BCUT2D eigenvalue weighted by molar-refractivity contribution is -0.137. The average molecular weight is 377 g/mol. The molecule has 0 bridgehead atoms. The van der Waals surface area contributed by atoms with E-state index in [1.54, 1.807) is 0 Å². The molecule has 0 spiro atoms. The van der Waals surface area contributed by atoms with Gasteiger partial charge in [0.05, 0.1) is 11.8 Å². The lowest BCUT2D eigenvalue weighted by Gasteiger charge is -2.06. The van der Waals surface area contributed by atoms with E-state index >= 15 is 0 Å². The van der Waals surface area contributed by atoms with E-state index < -0.39 is 17.6 Å². The minimum Gasteiger partial charge on any atom is -0.267 e. The molecule has 0 atom stereocenters. The Morgan fingerprint density at radius 2 is 1.90 bits per heavy atom. The van der Waals surface area contributed by atoms with Gasteiger partial charge in [0.1, 0.15) is 0 Å². The number of hydrazone groups is 1. The number of amides is 1. The number of benzene rings is 1. The van der Waals surface area contributed by atoms with Gasteiger partial charge in [-0.1, -0.05) is 0 Å². The molecule has 2 rings (SSSR count). The van der Waals surface area contributed by atoms with Gasteiger partial charge in [0.25, 0.3) is 5.91 Å². The highest BCUT2D eigenvalue weighted by Crippen LogP contribution is 2.29. The maximum absolute atomic E-state index is 12.4. The molecule has 1 aromatic heterocycles. The van der Waals surface area contributed by atoms with Gasteiger partial charge in [-0.05, 0) is 40.2 Å². The monoisotopic (exact) mass is 376 g/mol. The lowest BCUT2D eigenvalue weighted by Crippen LogP contribution is -2.17. The predicted octanol–water partition coefficient (Wildman–Crippen LogP) is 4.29. The topological polar surface area (TPSA) is 41.5 Å². The molecule has 110 valence electrons. The molecule has 8 heteroatoms. The molecular weight excluding hydrogens is 369 g/mol. The standard InChI is InChI=1S/C13H8BrF3N2OS/c14-11-7-21-6-9(11)5-18-19-12(20)8-1-3-10(4-2-8)13(15,16)17/h1-7H,(H,19,20)/b18-5-. The average Bonchev–Trinajstić information content (AvgIpc) is 2.83. The van der Waals surface area contributed by atoms with Crippen LogP contribution in [0.2, 0.25) is 0 Å². The van der Waals surface area contributed by atoms with Crippen molar-refractivity contribution in [1.82, 2.24) is 5.43 Å². The van der Waals surface area contributed by atoms with Crippen molar-refractivity contribution in [2.24, 2.45) is 5.10 Å². The third-order valence-electron chi connectivity index (χ3n) is 2.49. The van der Waals surface area contributed by atoms with E-state index in [9.17, 15) is 18.0 Å². The molecule has 1 aromatic carbocycles. The van der Waals surface area contributed by atoms with Gasteiger partial charge in [0.2, 0.25) is 0 Å². The zero-order valence-electron chi connectivity index (χ0n) is 10.3. The summed E-state index contributed by atoms with van der Waals surface area (Å²) in [4.78, 5) is 11.7. The van der Waals surface area contributed by atoms with Crippen molar-refractivity contribution in [3.8, 4) is 0 Å². The number of hydrogen-bond acceptors (Lipinski definition) is 3. The van der Waals surface area contributed by atoms with E-state index in [1.165, 1.54) is 17.6 Å². The van der Waals surface area contributed by atoms with Crippen molar-refractivity contribution < 1.29 is 18.0 Å². The summed E-state index contributed by atoms with van der Waals surface area (Å²) in [5, 5.41) is 7.44. The summed E-state index contributed by atoms with van der Waals surface area (Å²) in [6.07, 6.45) is -2.97. The molecule has 1 N–H and O–H groups in total. The van der Waals surface area contributed by atoms with E-state index in [1.807, 2.05) is 10.8 Å². The van der Waals surface area contributed by atoms with Gasteiger partial charge >= 0.3 is 6.18 Å². The molecule has 0 aliphatic heterocycles. The normalized spacial score (nSPS) is 11.8. The van der Waals surface area contributed by atoms with Crippen LogP contribution < -0.4 is 5.43 Å². The van der Waals surface area contributed by atoms with E-state index in [4.69, 9.17) is 0 Å². The third kappa shape index (κ3) is 4.15. The third-order valence-corrected chi connectivity index (χ3v) is 4.24. The Morgan fingerprint density at radius 1 is 1.24 bits per heavy atom. The summed E-state index contributed by atoms with van der Waals surface area (Å²) in [5.41, 5.74) is 2.35. The van der Waals surface area contributed by atoms with Crippen LogP contribution in [0.5, 0.6) is 0 Å². The van der Waals surface area contributed by atoms with E-state index in [-0.39, 0.29) is 5.56 Å². The molecule has 0 radical (unpaired) electrons.